The maximum Gasteiger partial charge on any atom is 0.0616 e. The number of H-pyrrole nitrogens is 1. The molecule has 0 saturated heterocycles. The van der Waals surface area contributed by atoms with Crippen molar-refractivity contribution in [3.05, 3.63) is 71.9 Å². The lowest BCUT2D eigenvalue weighted by Crippen LogP contribution is -2.14. The van der Waals surface area contributed by atoms with E-state index in [-0.39, 0.29) is 5.41 Å². The monoisotopic (exact) mass is 346 g/mol. The number of fused-ring (bicyclic) bond motifs is 5. The predicted octanol–water partition coefficient (Wildman–Crippen LogP) is 6.62. The van der Waals surface area contributed by atoms with Gasteiger partial charge in [0.15, 0.2) is 0 Å². The van der Waals surface area contributed by atoms with Gasteiger partial charge in [-0.25, -0.2) is 0 Å². The summed E-state index contributed by atoms with van der Waals surface area (Å²) in [5.41, 5.74) is 7.85. The summed E-state index contributed by atoms with van der Waals surface area (Å²) >= 11 is 0. The second kappa shape index (κ2) is 4.17. The van der Waals surface area contributed by atoms with Crippen LogP contribution in [0.2, 0.25) is 0 Å². The summed E-state index contributed by atoms with van der Waals surface area (Å²) in [6, 6.07) is 20.1. The van der Waals surface area contributed by atoms with Crippen molar-refractivity contribution >= 4 is 55.1 Å². The topological polar surface area (TPSA) is 20.2 Å². The highest BCUT2D eigenvalue weighted by atomic mass is 14.9. The number of aromatic nitrogens is 2. The van der Waals surface area contributed by atoms with E-state index in [1.807, 2.05) is 0 Å². The number of hydrogen-bond donors (Lipinski definition) is 1. The zero-order valence-corrected chi connectivity index (χ0v) is 15.3. The van der Waals surface area contributed by atoms with Gasteiger partial charge in [0, 0.05) is 49.3 Å². The molecule has 0 radical (unpaired) electrons. The Morgan fingerprint density at radius 2 is 1.48 bits per heavy atom. The largest absolute Gasteiger partial charge is 0.354 e. The van der Waals surface area contributed by atoms with Gasteiger partial charge in [0.2, 0.25) is 0 Å². The van der Waals surface area contributed by atoms with Gasteiger partial charge in [-0.15, -0.1) is 0 Å². The van der Waals surface area contributed by atoms with E-state index >= 15 is 0 Å². The van der Waals surface area contributed by atoms with Crippen LogP contribution >= 0.6 is 0 Å². The molecule has 0 fully saturated rings. The summed E-state index contributed by atoms with van der Waals surface area (Å²) in [4.78, 5) is 3.64. The molecule has 27 heavy (non-hydrogen) atoms. The van der Waals surface area contributed by atoms with Gasteiger partial charge in [0.1, 0.15) is 0 Å². The van der Waals surface area contributed by atoms with E-state index in [4.69, 9.17) is 0 Å². The Hall–Kier alpha value is -3.26. The summed E-state index contributed by atoms with van der Waals surface area (Å²) in [5, 5.41) is 6.69. The van der Waals surface area contributed by atoms with Crippen LogP contribution in [0, 0.1) is 0 Å². The summed E-state index contributed by atoms with van der Waals surface area (Å²) < 4.78 is 2.54. The second-order valence-corrected chi connectivity index (χ2v) is 8.41. The first-order valence-corrected chi connectivity index (χ1v) is 9.56. The first-order valence-electron chi connectivity index (χ1n) is 9.56. The summed E-state index contributed by atoms with van der Waals surface area (Å²) in [7, 11) is 0. The van der Waals surface area contributed by atoms with E-state index in [0.29, 0.717) is 0 Å². The Morgan fingerprint density at radius 3 is 2.37 bits per heavy atom. The Kier molecular flexibility index (Phi) is 2.15. The average molecular weight is 346 g/mol. The third-order valence-electron chi connectivity index (χ3n) is 6.46. The van der Waals surface area contributed by atoms with Crippen molar-refractivity contribution in [1.29, 1.82) is 0 Å². The molecule has 0 saturated carbocycles. The lowest BCUT2D eigenvalue weighted by molar-refractivity contribution is 0.654. The number of benzene rings is 3. The Morgan fingerprint density at radius 1 is 0.778 bits per heavy atom. The fraction of sp³-hybridized carbons (Fsp3) is 0.120. The molecular weight excluding hydrogens is 328 g/mol. The van der Waals surface area contributed by atoms with Crippen molar-refractivity contribution < 1.29 is 0 Å². The number of hydrogen-bond acceptors (Lipinski definition) is 0. The van der Waals surface area contributed by atoms with Gasteiger partial charge in [-0.05, 0) is 23.6 Å². The van der Waals surface area contributed by atoms with E-state index in [2.05, 4.69) is 90.0 Å². The second-order valence-electron chi connectivity index (χ2n) is 8.41. The molecule has 0 unspecified atom stereocenters. The third-order valence-corrected chi connectivity index (χ3v) is 6.46. The SMILES string of the molecule is CC1(C)C=Cc2c1n1c3cccc4[nH]c5cccc(c6cccc2c61)c5c43. The first kappa shape index (κ1) is 13.9. The fourth-order valence-electron chi connectivity index (χ4n) is 5.38. The van der Waals surface area contributed by atoms with Gasteiger partial charge in [0.05, 0.1) is 11.0 Å². The van der Waals surface area contributed by atoms with E-state index in [1.165, 1.54) is 60.3 Å². The first-order chi connectivity index (χ1) is 13.1. The maximum atomic E-state index is 3.64. The van der Waals surface area contributed by atoms with Crippen LogP contribution in [-0.2, 0) is 5.41 Å². The summed E-state index contributed by atoms with van der Waals surface area (Å²) in [5.74, 6) is 0. The van der Waals surface area contributed by atoms with Crippen LogP contribution < -0.4 is 0 Å². The number of rotatable bonds is 0. The molecule has 0 spiro atoms. The minimum Gasteiger partial charge on any atom is -0.354 e. The fourth-order valence-corrected chi connectivity index (χ4v) is 5.38. The van der Waals surface area contributed by atoms with Crippen molar-refractivity contribution in [3.8, 4) is 0 Å². The van der Waals surface area contributed by atoms with Gasteiger partial charge in [-0.3, -0.25) is 0 Å². The molecule has 0 aliphatic heterocycles. The van der Waals surface area contributed by atoms with Crippen LogP contribution in [0.4, 0.5) is 0 Å². The third kappa shape index (κ3) is 1.43. The molecule has 7 rings (SSSR count). The van der Waals surface area contributed by atoms with E-state index in [0.717, 1.165) is 0 Å². The van der Waals surface area contributed by atoms with Crippen LogP contribution in [0.5, 0.6) is 0 Å². The van der Waals surface area contributed by atoms with Crippen molar-refractivity contribution in [2.24, 2.45) is 0 Å². The van der Waals surface area contributed by atoms with Crippen LogP contribution in [0.1, 0.15) is 25.1 Å². The van der Waals surface area contributed by atoms with Crippen LogP contribution in [-0.4, -0.2) is 9.38 Å². The van der Waals surface area contributed by atoms with Crippen LogP contribution in [0.15, 0.2) is 60.7 Å². The molecule has 1 N–H and O–H groups in total. The van der Waals surface area contributed by atoms with E-state index in [9.17, 15) is 0 Å². The molecule has 3 heterocycles. The molecule has 3 aromatic heterocycles. The number of aromatic amines is 1. The van der Waals surface area contributed by atoms with Gasteiger partial charge >= 0.3 is 0 Å². The van der Waals surface area contributed by atoms with Crippen LogP contribution in [0.3, 0.4) is 0 Å². The van der Waals surface area contributed by atoms with Crippen LogP contribution in [0.25, 0.3) is 55.1 Å². The molecule has 1 aliphatic carbocycles. The minimum atomic E-state index is 0.0136. The summed E-state index contributed by atoms with van der Waals surface area (Å²) in [6.45, 7) is 4.64. The maximum absolute atomic E-state index is 3.64. The number of allylic oxidation sites excluding steroid dienone is 1. The van der Waals surface area contributed by atoms with Crippen molar-refractivity contribution in [1.82, 2.24) is 9.38 Å². The molecule has 0 bridgehead atoms. The molecule has 128 valence electrons. The van der Waals surface area contributed by atoms with Gasteiger partial charge in [-0.2, -0.15) is 0 Å². The molecule has 6 aromatic rings. The standard InChI is InChI=1S/C25H18N2/c1-25(2)13-12-17-16-8-3-7-15-14-6-4-9-18-21(14)22-19(26-18)10-5-11-20(22)27(23(15)16)24(17)25/h3-13,26H,1-2H3. The smallest absolute Gasteiger partial charge is 0.0616 e. The lowest BCUT2D eigenvalue weighted by atomic mass is 9.92. The molecule has 0 amide bonds. The molecule has 2 heteroatoms. The number of nitrogens with one attached hydrogen (secondary N) is 1. The quantitative estimate of drug-likeness (QED) is 0.319. The number of nitrogens with zero attached hydrogens (tertiary/aromatic N) is 1. The molecule has 3 aromatic carbocycles. The Bertz CT molecular complexity index is 1590. The molecule has 2 nitrogen and oxygen atoms in total. The van der Waals surface area contributed by atoms with Gasteiger partial charge < -0.3 is 9.38 Å². The highest BCUT2D eigenvalue weighted by Crippen LogP contribution is 2.46. The molecule has 0 atom stereocenters. The highest BCUT2D eigenvalue weighted by Gasteiger charge is 2.32. The zero-order chi connectivity index (χ0) is 17.9. The zero-order valence-electron chi connectivity index (χ0n) is 15.3. The minimum absolute atomic E-state index is 0.0136. The van der Waals surface area contributed by atoms with Crippen molar-refractivity contribution in [3.63, 3.8) is 0 Å². The normalized spacial score (nSPS) is 15.9. The summed E-state index contributed by atoms with van der Waals surface area (Å²) in [6.07, 6.45) is 4.66. The van der Waals surface area contributed by atoms with E-state index < -0.39 is 0 Å². The van der Waals surface area contributed by atoms with Crippen molar-refractivity contribution in [2.75, 3.05) is 0 Å². The Balaban J connectivity index is 2.00. The highest BCUT2D eigenvalue weighted by molar-refractivity contribution is 6.28. The predicted molar refractivity (Wildman–Crippen MR) is 115 cm³/mol. The average Bonchev–Trinajstić information content (AvgIpc) is 3.28. The van der Waals surface area contributed by atoms with Gasteiger partial charge in [0.25, 0.3) is 0 Å². The van der Waals surface area contributed by atoms with Gasteiger partial charge in [-0.1, -0.05) is 62.4 Å². The number of para-hydroxylation sites is 1. The molecule has 1 aliphatic rings. The molecular formula is C25H18N2. The van der Waals surface area contributed by atoms with Crippen molar-refractivity contribution in [2.45, 2.75) is 19.3 Å². The lowest BCUT2D eigenvalue weighted by Gasteiger charge is -2.18. The Labute approximate surface area is 156 Å². The van der Waals surface area contributed by atoms with E-state index in [1.54, 1.807) is 0 Å².